The summed E-state index contributed by atoms with van der Waals surface area (Å²) in [6.07, 6.45) is 1.55. The molecule has 0 aliphatic heterocycles. The molecule has 2 rings (SSSR count). The number of nitrogens with zero attached hydrogens (tertiary/aromatic N) is 2. The van der Waals surface area contributed by atoms with E-state index in [1.165, 1.54) is 18.9 Å². The number of rotatable bonds is 5. The Labute approximate surface area is 150 Å². The number of nitrogens with one attached hydrogen (secondary N) is 1. The van der Waals surface area contributed by atoms with E-state index in [4.69, 9.17) is 21.6 Å². The zero-order valence-electron chi connectivity index (χ0n) is 13.5. The van der Waals surface area contributed by atoms with Gasteiger partial charge in [0.1, 0.15) is 5.75 Å². The first kappa shape index (κ1) is 18.1. The lowest BCUT2D eigenvalue weighted by Crippen LogP contribution is -2.23. The molecule has 0 aliphatic carbocycles. The number of pyridine rings is 1. The summed E-state index contributed by atoms with van der Waals surface area (Å²) in [7, 11) is 1.52. The standard InChI is InChI=1S/C17H16ClN3O2S/c1-10-6-14(15(23-3)8-13(10)18)21-17(22)11(2)24-16-7-12(9-19)4-5-20-16/h4-8,11H,1-3H3,(H,21,22). The van der Waals surface area contributed by atoms with E-state index >= 15 is 0 Å². The molecule has 1 unspecified atom stereocenters. The van der Waals surface area contributed by atoms with Gasteiger partial charge in [0.2, 0.25) is 5.91 Å². The van der Waals surface area contributed by atoms with Crippen LogP contribution in [-0.2, 0) is 4.79 Å². The maximum atomic E-state index is 12.4. The summed E-state index contributed by atoms with van der Waals surface area (Å²) in [5.41, 5.74) is 1.92. The lowest BCUT2D eigenvalue weighted by molar-refractivity contribution is -0.115. The first-order valence-corrected chi connectivity index (χ1v) is 8.38. The number of amides is 1. The molecule has 0 aliphatic rings. The van der Waals surface area contributed by atoms with Crippen LogP contribution in [0.1, 0.15) is 18.1 Å². The minimum Gasteiger partial charge on any atom is -0.495 e. The third-order valence-electron chi connectivity index (χ3n) is 3.27. The van der Waals surface area contributed by atoms with Gasteiger partial charge in [0.15, 0.2) is 0 Å². The Morgan fingerprint density at radius 3 is 2.88 bits per heavy atom. The smallest absolute Gasteiger partial charge is 0.237 e. The van der Waals surface area contributed by atoms with Crippen molar-refractivity contribution in [2.45, 2.75) is 24.1 Å². The summed E-state index contributed by atoms with van der Waals surface area (Å²) in [5, 5.41) is 12.6. The zero-order chi connectivity index (χ0) is 17.7. The number of hydrogen-bond acceptors (Lipinski definition) is 5. The van der Waals surface area contributed by atoms with Crippen molar-refractivity contribution in [3.8, 4) is 11.8 Å². The van der Waals surface area contributed by atoms with Gasteiger partial charge in [-0.15, -0.1) is 0 Å². The number of thioether (sulfide) groups is 1. The van der Waals surface area contributed by atoms with E-state index in [9.17, 15) is 4.79 Å². The van der Waals surface area contributed by atoms with E-state index < -0.39 is 5.25 Å². The van der Waals surface area contributed by atoms with Crippen LogP contribution in [0.3, 0.4) is 0 Å². The molecule has 0 spiro atoms. The van der Waals surface area contributed by atoms with Gasteiger partial charge in [-0.3, -0.25) is 4.79 Å². The average molecular weight is 362 g/mol. The Kier molecular flexibility index (Phi) is 6.07. The minimum absolute atomic E-state index is 0.191. The summed E-state index contributed by atoms with van der Waals surface area (Å²) in [4.78, 5) is 16.6. The predicted molar refractivity (Wildman–Crippen MR) is 95.6 cm³/mol. The number of benzene rings is 1. The molecule has 7 heteroatoms. The van der Waals surface area contributed by atoms with Crippen molar-refractivity contribution in [3.05, 3.63) is 46.6 Å². The van der Waals surface area contributed by atoms with Crippen LogP contribution in [-0.4, -0.2) is 23.3 Å². The van der Waals surface area contributed by atoms with E-state index in [2.05, 4.69) is 16.4 Å². The number of methoxy groups -OCH3 is 1. The molecule has 1 N–H and O–H groups in total. The lowest BCUT2D eigenvalue weighted by Gasteiger charge is -2.15. The van der Waals surface area contributed by atoms with Crippen molar-refractivity contribution in [2.75, 3.05) is 12.4 Å². The molecule has 1 aromatic heterocycles. The highest BCUT2D eigenvalue weighted by Crippen LogP contribution is 2.32. The number of nitriles is 1. The molecule has 5 nitrogen and oxygen atoms in total. The molecule has 0 fully saturated rings. The summed E-state index contributed by atoms with van der Waals surface area (Å²) in [6, 6.07) is 8.77. The van der Waals surface area contributed by atoms with Gasteiger partial charge >= 0.3 is 0 Å². The summed E-state index contributed by atoms with van der Waals surface area (Å²) in [6.45, 7) is 3.63. The second-order valence-corrected chi connectivity index (χ2v) is 6.81. The predicted octanol–water partition coefficient (Wildman–Crippen LogP) is 4.04. The minimum atomic E-state index is -0.396. The van der Waals surface area contributed by atoms with E-state index in [0.29, 0.717) is 27.0 Å². The topological polar surface area (TPSA) is 75.0 Å². The monoisotopic (exact) mass is 361 g/mol. The van der Waals surface area contributed by atoms with Gasteiger partial charge in [-0.1, -0.05) is 23.4 Å². The normalized spacial score (nSPS) is 11.5. The summed E-state index contributed by atoms with van der Waals surface area (Å²) < 4.78 is 5.26. The molecule has 2 aromatic rings. The molecular weight excluding hydrogens is 346 g/mol. The molecule has 1 atom stereocenters. The zero-order valence-corrected chi connectivity index (χ0v) is 15.0. The number of carbonyl (C=O) groups is 1. The SMILES string of the molecule is COc1cc(Cl)c(C)cc1NC(=O)C(C)Sc1cc(C#N)ccn1. The molecule has 124 valence electrons. The first-order valence-electron chi connectivity index (χ1n) is 7.12. The van der Waals surface area contributed by atoms with Crippen LogP contribution in [0, 0.1) is 18.3 Å². The quantitative estimate of drug-likeness (QED) is 0.813. The van der Waals surface area contributed by atoms with Gasteiger partial charge in [0, 0.05) is 17.3 Å². The van der Waals surface area contributed by atoms with E-state index in [1.807, 2.05) is 6.92 Å². The number of aryl methyl sites for hydroxylation is 1. The van der Waals surface area contributed by atoms with Crippen molar-refractivity contribution >= 4 is 35.0 Å². The molecule has 24 heavy (non-hydrogen) atoms. The van der Waals surface area contributed by atoms with E-state index in [1.54, 1.807) is 37.4 Å². The number of ether oxygens (including phenoxy) is 1. The molecule has 1 heterocycles. The fourth-order valence-electron chi connectivity index (χ4n) is 1.94. The van der Waals surface area contributed by atoms with Crippen molar-refractivity contribution < 1.29 is 9.53 Å². The number of anilines is 1. The Morgan fingerprint density at radius 1 is 1.46 bits per heavy atom. The van der Waals surface area contributed by atoms with Gasteiger partial charge < -0.3 is 10.1 Å². The molecule has 0 bridgehead atoms. The van der Waals surface area contributed by atoms with Gasteiger partial charge in [-0.05, 0) is 37.6 Å². The number of hydrogen-bond donors (Lipinski definition) is 1. The Balaban J connectivity index is 2.12. The van der Waals surface area contributed by atoms with Gasteiger partial charge in [-0.25, -0.2) is 4.98 Å². The van der Waals surface area contributed by atoms with Crippen molar-refractivity contribution in [2.24, 2.45) is 0 Å². The molecule has 0 radical (unpaired) electrons. The molecule has 0 saturated carbocycles. The second-order valence-electron chi connectivity index (χ2n) is 5.05. The third-order valence-corrected chi connectivity index (χ3v) is 4.71. The van der Waals surface area contributed by atoms with Gasteiger partial charge in [0.05, 0.1) is 34.7 Å². The maximum Gasteiger partial charge on any atom is 0.237 e. The van der Waals surface area contributed by atoms with Crippen LogP contribution >= 0.6 is 23.4 Å². The average Bonchev–Trinajstić information content (AvgIpc) is 2.57. The molecular formula is C17H16ClN3O2S. The largest absolute Gasteiger partial charge is 0.495 e. The fraction of sp³-hybridized carbons (Fsp3) is 0.235. The van der Waals surface area contributed by atoms with Gasteiger partial charge in [0.25, 0.3) is 0 Å². The second kappa shape index (κ2) is 8.04. The van der Waals surface area contributed by atoms with E-state index in [0.717, 1.165) is 5.56 Å². The number of carbonyl (C=O) groups excluding carboxylic acids is 1. The van der Waals surface area contributed by atoms with Gasteiger partial charge in [-0.2, -0.15) is 5.26 Å². The Hall–Kier alpha value is -2.23. The number of halogens is 1. The van der Waals surface area contributed by atoms with Crippen LogP contribution in [0.4, 0.5) is 5.69 Å². The maximum absolute atomic E-state index is 12.4. The summed E-state index contributed by atoms with van der Waals surface area (Å²) in [5.74, 6) is 0.310. The van der Waals surface area contributed by atoms with Crippen LogP contribution < -0.4 is 10.1 Å². The highest BCUT2D eigenvalue weighted by molar-refractivity contribution is 8.00. The van der Waals surface area contributed by atoms with Crippen LogP contribution in [0.2, 0.25) is 5.02 Å². The van der Waals surface area contributed by atoms with Crippen LogP contribution in [0.25, 0.3) is 0 Å². The lowest BCUT2D eigenvalue weighted by atomic mass is 10.2. The van der Waals surface area contributed by atoms with Crippen molar-refractivity contribution in [1.82, 2.24) is 4.98 Å². The highest BCUT2D eigenvalue weighted by atomic mass is 35.5. The van der Waals surface area contributed by atoms with Crippen molar-refractivity contribution in [3.63, 3.8) is 0 Å². The fourth-order valence-corrected chi connectivity index (χ4v) is 2.94. The first-order chi connectivity index (χ1) is 11.4. The third kappa shape index (κ3) is 4.40. The Morgan fingerprint density at radius 2 is 2.21 bits per heavy atom. The van der Waals surface area contributed by atoms with E-state index in [-0.39, 0.29) is 5.91 Å². The highest BCUT2D eigenvalue weighted by Gasteiger charge is 2.18. The van der Waals surface area contributed by atoms with Crippen LogP contribution in [0.5, 0.6) is 5.75 Å². The van der Waals surface area contributed by atoms with Crippen LogP contribution in [0.15, 0.2) is 35.5 Å². The molecule has 1 amide bonds. The number of aromatic nitrogens is 1. The Bertz CT molecular complexity index is 805. The molecule has 1 aromatic carbocycles. The molecule has 0 saturated heterocycles. The van der Waals surface area contributed by atoms with Crippen molar-refractivity contribution in [1.29, 1.82) is 5.26 Å². The summed E-state index contributed by atoms with van der Waals surface area (Å²) >= 11 is 7.35.